The van der Waals surface area contributed by atoms with Crippen LogP contribution in [0.4, 0.5) is 0 Å². The van der Waals surface area contributed by atoms with E-state index in [-0.39, 0.29) is 6.04 Å². The fourth-order valence-electron chi connectivity index (χ4n) is 1.69. The number of nitrogens with zero attached hydrogens (tertiary/aromatic N) is 3. The van der Waals surface area contributed by atoms with Crippen molar-refractivity contribution in [1.82, 2.24) is 14.8 Å². The zero-order valence-corrected chi connectivity index (χ0v) is 9.81. The van der Waals surface area contributed by atoms with Crippen LogP contribution in [0.2, 0.25) is 0 Å². The highest BCUT2D eigenvalue weighted by atomic mass is 15.3. The maximum Gasteiger partial charge on any atom is 0.153 e. The molecule has 0 radical (unpaired) electrons. The molecule has 4 nitrogen and oxygen atoms in total. The highest BCUT2D eigenvalue weighted by Crippen LogP contribution is 2.14. The smallest absolute Gasteiger partial charge is 0.153 e. The maximum atomic E-state index is 5.85. The third-order valence-electron chi connectivity index (χ3n) is 2.52. The minimum absolute atomic E-state index is 0.0127. The van der Waals surface area contributed by atoms with Gasteiger partial charge in [0.15, 0.2) is 5.82 Å². The van der Waals surface area contributed by atoms with E-state index in [2.05, 4.69) is 10.1 Å². The lowest BCUT2D eigenvalue weighted by Gasteiger charge is -2.08. The Morgan fingerprint density at radius 1 is 1.31 bits per heavy atom. The van der Waals surface area contributed by atoms with E-state index in [1.807, 2.05) is 43.7 Å². The Balaban J connectivity index is 2.48. The lowest BCUT2D eigenvalue weighted by Crippen LogP contribution is -2.08. The molecule has 0 saturated carbocycles. The molecule has 0 bridgehead atoms. The van der Waals surface area contributed by atoms with Gasteiger partial charge in [-0.3, -0.25) is 0 Å². The summed E-state index contributed by atoms with van der Waals surface area (Å²) in [5, 5.41) is 4.39. The molecule has 2 aromatic rings. The van der Waals surface area contributed by atoms with Gasteiger partial charge < -0.3 is 5.73 Å². The number of nitrogens with two attached hydrogens (primary N) is 1. The molecule has 0 aliphatic carbocycles. The van der Waals surface area contributed by atoms with Gasteiger partial charge in [0.05, 0.1) is 5.69 Å². The molecule has 0 spiro atoms. The predicted octanol–water partition coefficient (Wildman–Crippen LogP) is 1.90. The molecule has 2 N–H and O–H groups in total. The van der Waals surface area contributed by atoms with Crippen molar-refractivity contribution in [3.05, 3.63) is 41.3 Å². The lowest BCUT2D eigenvalue weighted by molar-refractivity contribution is 0.780. The van der Waals surface area contributed by atoms with Crippen molar-refractivity contribution in [2.24, 2.45) is 5.73 Å². The van der Waals surface area contributed by atoms with E-state index in [9.17, 15) is 0 Å². The van der Waals surface area contributed by atoms with Crippen LogP contribution in [0.1, 0.15) is 29.9 Å². The summed E-state index contributed by atoms with van der Waals surface area (Å²) < 4.78 is 1.83. The molecule has 0 fully saturated rings. The third kappa shape index (κ3) is 1.97. The van der Waals surface area contributed by atoms with Crippen molar-refractivity contribution in [2.75, 3.05) is 0 Å². The van der Waals surface area contributed by atoms with Gasteiger partial charge in [0.2, 0.25) is 0 Å². The second-order valence-electron chi connectivity index (χ2n) is 4.07. The molecule has 2 rings (SSSR count). The zero-order chi connectivity index (χ0) is 11.7. The summed E-state index contributed by atoms with van der Waals surface area (Å²) in [6.45, 7) is 5.94. The second-order valence-corrected chi connectivity index (χ2v) is 4.07. The van der Waals surface area contributed by atoms with Crippen molar-refractivity contribution < 1.29 is 0 Å². The first-order chi connectivity index (χ1) is 7.58. The summed E-state index contributed by atoms with van der Waals surface area (Å²) in [5.41, 5.74) is 8.98. The second kappa shape index (κ2) is 4.06. The average Bonchev–Trinajstić information content (AvgIpc) is 2.58. The van der Waals surface area contributed by atoms with Crippen LogP contribution < -0.4 is 5.73 Å². The van der Waals surface area contributed by atoms with Crippen LogP contribution in [0.5, 0.6) is 0 Å². The Morgan fingerprint density at radius 2 is 2.06 bits per heavy atom. The van der Waals surface area contributed by atoms with Crippen molar-refractivity contribution in [2.45, 2.75) is 26.8 Å². The fourth-order valence-corrected chi connectivity index (χ4v) is 1.69. The van der Waals surface area contributed by atoms with Crippen molar-refractivity contribution in [3.63, 3.8) is 0 Å². The summed E-state index contributed by atoms with van der Waals surface area (Å²) >= 11 is 0. The first-order valence-corrected chi connectivity index (χ1v) is 5.33. The summed E-state index contributed by atoms with van der Waals surface area (Å²) in [5.74, 6) is 0.820. The first kappa shape index (κ1) is 10.8. The van der Waals surface area contributed by atoms with Gasteiger partial charge in [-0.15, -0.1) is 0 Å². The first-order valence-electron chi connectivity index (χ1n) is 5.33. The Hall–Kier alpha value is -1.68. The largest absolute Gasteiger partial charge is 0.324 e. The SMILES string of the molecule is Cc1cc(C)n(-c2cc(C(C)N)ccn2)n1. The van der Waals surface area contributed by atoms with Crippen LogP contribution in [-0.2, 0) is 0 Å². The van der Waals surface area contributed by atoms with Crippen molar-refractivity contribution in [1.29, 1.82) is 0 Å². The Bertz CT molecular complexity index is 499. The molecular formula is C12H16N4. The summed E-state index contributed by atoms with van der Waals surface area (Å²) in [4.78, 5) is 4.31. The van der Waals surface area contributed by atoms with Crippen molar-refractivity contribution >= 4 is 0 Å². The Kier molecular flexibility index (Phi) is 2.75. The summed E-state index contributed by atoms with van der Waals surface area (Å²) in [6.07, 6.45) is 1.77. The Morgan fingerprint density at radius 3 is 2.62 bits per heavy atom. The van der Waals surface area contributed by atoms with Gasteiger partial charge in [0.1, 0.15) is 0 Å². The van der Waals surface area contributed by atoms with E-state index in [1.54, 1.807) is 6.20 Å². The van der Waals surface area contributed by atoms with Gasteiger partial charge in [-0.1, -0.05) is 0 Å². The highest BCUT2D eigenvalue weighted by molar-refractivity contribution is 5.31. The molecule has 0 saturated heterocycles. The van der Waals surface area contributed by atoms with E-state index in [1.165, 1.54) is 0 Å². The Labute approximate surface area is 95.1 Å². The minimum atomic E-state index is 0.0127. The minimum Gasteiger partial charge on any atom is -0.324 e. The number of hydrogen-bond acceptors (Lipinski definition) is 3. The van der Waals surface area contributed by atoms with E-state index in [0.717, 1.165) is 22.8 Å². The molecule has 1 unspecified atom stereocenters. The molecule has 0 aromatic carbocycles. The predicted molar refractivity (Wildman–Crippen MR) is 63.4 cm³/mol. The van der Waals surface area contributed by atoms with E-state index in [4.69, 9.17) is 5.73 Å². The molecule has 0 amide bonds. The lowest BCUT2D eigenvalue weighted by atomic mass is 10.1. The molecule has 2 heterocycles. The quantitative estimate of drug-likeness (QED) is 0.834. The highest BCUT2D eigenvalue weighted by Gasteiger charge is 2.07. The molecule has 84 valence electrons. The molecule has 16 heavy (non-hydrogen) atoms. The van der Waals surface area contributed by atoms with Gasteiger partial charge in [-0.2, -0.15) is 5.10 Å². The molecule has 4 heteroatoms. The number of rotatable bonds is 2. The van der Waals surface area contributed by atoms with Crippen molar-refractivity contribution in [3.8, 4) is 5.82 Å². The monoisotopic (exact) mass is 216 g/mol. The molecule has 1 atom stereocenters. The van der Waals surface area contributed by atoms with Crippen LogP contribution in [0, 0.1) is 13.8 Å². The van der Waals surface area contributed by atoms with Gasteiger partial charge >= 0.3 is 0 Å². The van der Waals surface area contributed by atoms with Gasteiger partial charge in [0.25, 0.3) is 0 Å². The topological polar surface area (TPSA) is 56.7 Å². The summed E-state index contributed by atoms with van der Waals surface area (Å²) in [6, 6.07) is 5.95. The summed E-state index contributed by atoms with van der Waals surface area (Å²) in [7, 11) is 0. The number of aryl methyl sites for hydroxylation is 2. The molecule has 0 aliphatic heterocycles. The standard InChI is InChI=1S/C12H16N4/c1-8-6-9(2)16(15-8)12-7-11(10(3)13)4-5-14-12/h4-7,10H,13H2,1-3H3. The number of pyridine rings is 1. The molecule has 0 aliphatic rings. The number of hydrogen-bond donors (Lipinski definition) is 1. The van der Waals surface area contributed by atoms with Gasteiger partial charge in [-0.05, 0) is 44.5 Å². The molecule has 2 aromatic heterocycles. The van der Waals surface area contributed by atoms with E-state index >= 15 is 0 Å². The molecular weight excluding hydrogens is 200 g/mol. The van der Waals surface area contributed by atoms with Gasteiger partial charge in [-0.25, -0.2) is 9.67 Å². The van der Waals surface area contributed by atoms with Crippen LogP contribution in [0.3, 0.4) is 0 Å². The van der Waals surface area contributed by atoms with Crippen LogP contribution in [-0.4, -0.2) is 14.8 Å². The third-order valence-corrected chi connectivity index (χ3v) is 2.52. The fraction of sp³-hybridized carbons (Fsp3) is 0.333. The van der Waals surface area contributed by atoms with Gasteiger partial charge in [0, 0.05) is 17.9 Å². The number of aromatic nitrogens is 3. The zero-order valence-electron chi connectivity index (χ0n) is 9.81. The van der Waals surface area contributed by atoms with Crippen LogP contribution >= 0.6 is 0 Å². The van der Waals surface area contributed by atoms with E-state index in [0.29, 0.717) is 0 Å². The van der Waals surface area contributed by atoms with Crippen LogP contribution in [0.15, 0.2) is 24.4 Å². The van der Waals surface area contributed by atoms with E-state index < -0.39 is 0 Å². The maximum absolute atomic E-state index is 5.85. The normalized spacial score (nSPS) is 12.8. The van der Waals surface area contributed by atoms with Crippen LogP contribution in [0.25, 0.3) is 5.82 Å². The average molecular weight is 216 g/mol.